The van der Waals surface area contributed by atoms with E-state index in [1.807, 2.05) is 10.3 Å². The van der Waals surface area contributed by atoms with Crippen LogP contribution in [-0.4, -0.2) is 86.0 Å². The smallest absolute Gasteiger partial charge is 0.330 e. The lowest BCUT2D eigenvalue weighted by atomic mass is 9.96. The number of hydrogen-bond donors (Lipinski definition) is 6. The normalized spacial score (nSPS) is 29.6. The van der Waals surface area contributed by atoms with Crippen LogP contribution in [0.2, 0.25) is 0 Å². The van der Waals surface area contributed by atoms with Crippen LogP contribution >= 0.6 is 18.1 Å². The van der Waals surface area contributed by atoms with E-state index in [1.54, 1.807) is 13.8 Å². The van der Waals surface area contributed by atoms with Crippen LogP contribution in [0.25, 0.3) is 0 Å². The number of urea groups is 1. The Labute approximate surface area is 220 Å². The maximum absolute atomic E-state index is 13.7. The van der Waals surface area contributed by atoms with E-state index in [9.17, 15) is 38.8 Å². The topological polar surface area (TPSA) is 227 Å². The minimum absolute atomic E-state index is 0.199. The molecule has 0 spiro atoms. The molecule has 3 heterocycles. The third-order valence-electron chi connectivity index (χ3n) is 5.59. The Balaban J connectivity index is 1.76. The average molecular weight is 580 g/mol. The molecule has 18 heteroatoms. The summed E-state index contributed by atoms with van der Waals surface area (Å²) in [5.41, 5.74) is -3.60. The van der Waals surface area contributed by atoms with Crippen LogP contribution in [-0.2, 0) is 28.2 Å². The Morgan fingerprint density at radius 2 is 2.00 bits per heavy atom. The van der Waals surface area contributed by atoms with Gasteiger partial charge in [-0.3, -0.25) is 33.8 Å². The van der Waals surface area contributed by atoms with E-state index >= 15 is 0 Å². The van der Waals surface area contributed by atoms with Crippen LogP contribution < -0.4 is 27.0 Å². The van der Waals surface area contributed by atoms with Gasteiger partial charge >= 0.3 is 24.4 Å². The number of H-pyrrole nitrogens is 1. The van der Waals surface area contributed by atoms with Crippen LogP contribution in [0.15, 0.2) is 21.9 Å². The van der Waals surface area contributed by atoms with Gasteiger partial charge in [0, 0.05) is 18.0 Å². The van der Waals surface area contributed by atoms with Crippen LogP contribution in [0.5, 0.6) is 0 Å². The Morgan fingerprint density at radius 1 is 1.32 bits per heavy atom. The van der Waals surface area contributed by atoms with E-state index in [0.29, 0.717) is 11.4 Å². The van der Waals surface area contributed by atoms with E-state index in [2.05, 4.69) is 10.4 Å². The summed E-state index contributed by atoms with van der Waals surface area (Å²) in [6, 6.07) is -1.82. The maximum Gasteiger partial charge on any atom is 0.330 e. The molecule has 38 heavy (non-hydrogen) atoms. The van der Waals surface area contributed by atoms with E-state index in [-0.39, 0.29) is 5.75 Å². The average Bonchev–Trinajstić information content (AvgIpc) is 3.25. The number of rotatable bonds is 11. The number of ether oxygens (including phenoxy) is 2. The molecule has 0 bridgehead atoms. The summed E-state index contributed by atoms with van der Waals surface area (Å²) in [6.45, 7) is 1.21. The molecule has 1 aromatic heterocycles. The first-order valence-corrected chi connectivity index (χ1v) is 14.7. The van der Waals surface area contributed by atoms with E-state index < -0.39 is 84.7 Å². The lowest BCUT2D eigenvalue weighted by molar-refractivity contribution is -0.149. The summed E-state index contributed by atoms with van der Waals surface area (Å²) in [5, 5.41) is 28.5. The highest BCUT2D eigenvalue weighted by atomic mass is 32.7. The number of amides is 3. The number of aromatic amines is 1. The molecule has 3 rings (SSSR count). The number of carbonyl (C=O) groups is 3. The van der Waals surface area contributed by atoms with Crippen molar-refractivity contribution in [3.05, 3.63) is 33.1 Å². The van der Waals surface area contributed by atoms with Crippen molar-refractivity contribution in [3.8, 4) is 0 Å². The first kappa shape index (κ1) is 30.0. The SMILES string of the molecule is CC(C)OC(=O)[C@@H](C)N[P@@](=O)(OC[C@H]1O[C@@H](n2ccc(=O)[nH]c2=O)[C@](C)(O)[C@@H]1O)SC[C@@H]1NC(=O)NC1=O. The summed E-state index contributed by atoms with van der Waals surface area (Å²) < 4.78 is 30.9. The second kappa shape index (κ2) is 11.7. The molecule has 6 N–H and O–H groups in total. The summed E-state index contributed by atoms with van der Waals surface area (Å²) in [5.74, 6) is -1.57. The van der Waals surface area contributed by atoms with Crippen molar-refractivity contribution in [3.63, 3.8) is 0 Å². The van der Waals surface area contributed by atoms with E-state index in [1.165, 1.54) is 13.8 Å². The minimum Gasteiger partial charge on any atom is -0.462 e. The van der Waals surface area contributed by atoms with Crippen molar-refractivity contribution in [1.82, 2.24) is 25.3 Å². The molecule has 212 valence electrons. The molecule has 1 aromatic rings. The predicted octanol–water partition coefficient (Wildman–Crippen LogP) is -1.46. The Morgan fingerprint density at radius 3 is 2.58 bits per heavy atom. The van der Waals surface area contributed by atoms with Crippen LogP contribution in [0, 0.1) is 0 Å². The van der Waals surface area contributed by atoms with Crippen LogP contribution in [0.1, 0.15) is 33.9 Å². The molecule has 3 amide bonds. The molecule has 7 atom stereocenters. The number of aliphatic hydroxyl groups excluding tert-OH is 1. The van der Waals surface area contributed by atoms with Gasteiger partial charge in [-0.15, -0.1) is 0 Å². The van der Waals surface area contributed by atoms with Crippen molar-refractivity contribution < 1.29 is 43.2 Å². The van der Waals surface area contributed by atoms with Gasteiger partial charge in [0.2, 0.25) is 0 Å². The zero-order valence-electron chi connectivity index (χ0n) is 20.9. The number of aliphatic hydroxyl groups is 2. The number of hydrogen-bond acceptors (Lipinski definition) is 12. The highest BCUT2D eigenvalue weighted by Crippen LogP contribution is 2.57. The Kier molecular flexibility index (Phi) is 9.24. The zero-order chi connectivity index (χ0) is 28.4. The number of aromatic nitrogens is 2. The number of esters is 1. The van der Waals surface area contributed by atoms with Gasteiger partial charge in [0.1, 0.15) is 29.9 Å². The van der Waals surface area contributed by atoms with Gasteiger partial charge in [-0.2, -0.15) is 0 Å². The fraction of sp³-hybridized carbons (Fsp3) is 0.650. The van der Waals surface area contributed by atoms with Gasteiger partial charge in [-0.05, 0) is 27.7 Å². The van der Waals surface area contributed by atoms with E-state index in [4.69, 9.17) is 14.0 Å². The maximum atomic E-state index is 13.7. The summed E-state index contributed by atoms with van der Waals surface area (Å²) in [7, 11) is 0. The second-order valence-corrected chi connectivity index (χ2v) is 13.5. The fourth-order valence-corrected chi connectivity index (χ4v) is 7.51. The molecule has 2 aliphatic rings. The van der Waals surface area contributed by atoms with Gasteiger partial charge in [-0.1, -0.05) is 11.4 Å². The largest absolute Gasteiger partial charge is 0.462 e. The molecule has 0 radical (unpaired) electrons. The van der Waals surface area contributed by atoms with E-state index in [0.717, 1.165) is 16.8 Å². The monoisotopic (exact) mass is 579 g/mol. The van der Waals surface area contributed by atoms with Crippen LogP contribution in [0.3, 0.4) is 0 Å². The molecule has 2 fully saturated rings. The highest BCUT2D eigenvalue weighted by Gasteiger charge is 2.54. The van der Waals surface area contributed by atoms with Gasteiger partial charge in [0.25, 0.3) is 11.5 Å². The van der Waals surface area contributed by atoms with Crippen molar-refractivity contribution in [2.45, 2.75) is 69.9 Å². The third-order valence-corrected chi connectivity index (χ3v) is 9.71. The molecular formula is C20H30N5O11PS. The molecule has 0 saturated carbocycles. The molecule has 2 saturated heterocycles. The van der Waals surface area contributed by atoms with Gasteiger partial charge < -0.3 is 29.5 Å². The van der Waals surface area contributed by atoms with Gasteiger partial charge in [0.15, 0.2) is 6.23 Å². The van der Waals surface area contributed by atoms with Crippen molar-refractivity contribution in [2.24, 2.45) is 0 Å². The number of carbonyl (C=O) groups excluding carboxylic acids is 3. The van der Waals surface area contributed by atoms with Gasteiger partial charge in [-0.25, -0.2) is 14.7 Å². The Bertz CT molecular complexity index is 1230. The van der Waals surface area contributed by atoms with Crippen LogP contribution in [0.4, 0.5) is 4.79 Å². The molecule has 2 aliphatic heterocycles. The standard InChI is InChI=1S/C20H30N5O11PS/c1-9(2)35-16(29)10(3)24-37(33,38-8-11-15(28)23-18(30)21-11)34-7-12-14(27)20(4,32)17(36-12)25-6-5-13(26)22-19(25)31/h5-6,9-12,14,17,27,32H,7-8H2,1-4H3,(H,24,33)(H,22,26,31)(H2,21,23,28,30)/t10-,11+,12-,14-,17-,20-,37-/m1/s1. The fourth-order valence-electron chi connectivity index (χ4n) is 3.65. The van der Waals surface area contributed by atoms with Gasteiger partial charge in [0.05, 0.1) is 12.7 Å². The molecular weight excluding hydrogens is 549 g/mol. The minimum atomic E-state index is -4.05. The highest BCUT2D eigenvalue weighted by molar-refractivity contribution is 8.56. The van der Waals surface area contributed by atoms with Crippen molar-refractivity contribution >= 4 is 36.0 Å². The summed E-state index contributed by atoms with van der Waals surface area (Å²) in [4.78, 5) is 61.2. The second-order valence-electron chi connectivity index (χ2n) is 9.16. The summed E-state index contributed by atoms with van der Waals surface area (Å²) >= 11 is 0.622. The summed E-state index contributed by atoms with van der Waals surface area (Å²) in [6.07, 6.45) is -3.74. The quantitative estimate of drug-likeness (QED) is 0.100. The first-order chi connectivity index (χ1) is 17.6. The molecule has 16 nitrogen and oxygen atoms in total. The third kappa shape index (κ3) is 6.91. The number of nitrogens with one attached hydrogen (secondary N) is 4. The molecule has 0 unspecified atom stereocenters. The van der Waals surface area contributed by atoms with Crippen molar-refractivity contribution in [2.75, 3.05) is 12.4 Å². The zero-order valence-corrected chi connectivity index (χ0v) is 22.6. The lowest BCUT2D eigenvalue weighted by Crippen LogP contribution is -2.47. The lowest BCUT2D eigenvalue weighted by Gasteiger charge is -2.27. The number of nitrogens with zero attached hydrogens (tertiary/aromatic N) is 1. The van der Waals surface area contributed by atoms with Crippen molar-refractivity contribution in [1.29, 1.82) is 0 Å². The predicted molar refractivity (Wildman–Crippen MR) is 132 cm³/mol. The Hall–Kier alpha value is -2.53. The first-order valence-electron chi connectivity index (χ1n) is 11.5. The molecule has 0 aliphatic carbocycles. The molecule has 0 aromatic carbocycles. The number of imide groups is 1.